The number of methoxy groups -OCH3 is 1. The third kappa shape index (κ3) is 2.73. The van der Waals surface area contributed by atoms with Crippen LogP contribution in [0.25, 0.3) is 11.3 Å². The predicted molar refractivity (Wildman–Crippen MR) is 60.5 cm³/mol. The normalized spacial score (nSPS) is 10.4. The summed E-state index contributed by atoms with van der Waals surface area (Å²) in [6, 6.07) is 3.36. The summed E-state index contributed by atoms with van der Waals surface area (Å²) in [6.07, 6.45) is 3.33. The summed E-state index contributed by atoms with van der Waals surface area (Å²) in [7, 11) is 1.58. The minimum absolute atomic E-state index is 0.253. The van der Waals surface area contributed by atoms with Crippen molar-refractivity contribution in [1.82, 2.24) is 15.5 Å². The third-order valence-electron chi connectivity index (χ3n) is 2.20. The first-order chi connectivity index (χ1) is 8.31. The van der Waals surface area contributed by atoms with E-state index in [2.05, 4.69) is 15.5 Å². The Morgan fingerprint density at radius 1 is 1.59 bits per heavy atom. The van der Waals surface area contributed by atoms with Crippen LogP contribution in [0.3, 0.4) is 0 Å². The number of rotatable bonds is 5. The Bertz CT molecular complexity index is 476. The summed E-state index contributed by atoms with van der Waals surface area (Å²) in [5, 5.41) is 9.17. The molecule has 0 aliphatic rings. The van der Waals surface area contributed by atoms with Crippen molar-refractivity contribution in [1.29, 1.82) is 0 Å². The van der Waals surface area contributed by atoms with Crippen LogP contribution in [0, 0.1) is 0 Å². The van der Waals surface area contributed by atoms with Crippen molar-refractivity contribution >= 4 is 5.91 Å². The van der Waals surface area contributed by atoms with E-state index < -0.39 is 0 Å². The number of ether oxygens (including phenoxy) is 1. The van der Waals surface area contributed by atoms with Gasteiger partial charge in [-0.25, -0.2) is 0 Å². The van der Waals surface area contributed by atoms with Crippen LogP contribution >= 0.6 is 0 Å². The van der Waals surface area contributed by atoms with Gasteiger partial charge in [0.05, 0.1) is 18.4 Å². The molecule has 0 saturated carbocycles. The van der Waals surface area contributed by atoms with Crippen LogP contribution in [0.2, 0.25) is 0 Å². The zero-order valence-corrected chi connectivity index (χ0v) is 9.40. The molecular weight excluding hydrogens is 222 g/mol. The highest BCUT2D eigenvalue weighted by Gasteiger charge is 2.11. The van der Waals surface area contributed by atoms with Crippen LogP contribution in [-0.4, -0.2) is 36.4 Å². The lowest BCUT2D eigenvalue weighted by Gasteiger charge is -2.01. The van der Waals surface area contributed by atoms with E-state index in [0.29, 0.717) is 18.9 Å². The maximum absolute atomic E-state index is 11.6. The molecule has 0 fully saturated rings. The van der Waals surface area contributed by atoms with Crippen LogP contribution in [0.1, 0.15) is 10.6 Å². The van der Waals surface area contributed by atoms with E-state index in [-0.39, 0.29) is 11.7 Å². The SMILES string of the molecule is COCCNC(=O)c1ccc(-c2cn[nH]c2)o1. The van der Waals surface area contributed by atoms with Gasteiger partial charge in [0.2, 0.25) is 0 Å². The molecule has 0 radical (unpaired) electrons. The van der Waals surface area contributed by atoms with Gasteiger partial charge in [-0.3, -0.25) is 9.89 Å². The predicted octanol–water partition coefficient (Wildman–Crippen LogP) is 1.05. The summed E-state index contributed by atoms with van der Waals surface area (Å²) >= 11 is 0. The smallest absolute Gasteiger partial charge is 0.287 e. The summed E-state index contributed by atoms with van der Waals surface area (Å²) in [5.41, 5.74) is 0.806. The van der Waals surface area contributed by atoms with Gasteiger partial charge in [0, 0.05) is 19.9 Å². The van der Waals surface area contributed by atoms with Gasteiger partial charge in [-0.1, -0.05) is 0 Å². The Morgan fingerprint density at radius 3 is 3.18 bits per heavy atom. The van der Waals surface area contributed by atoms with Crippen molar-refractivity contribution in [3.8, 4) is 11.3 Å². The van der Waals surface area contributed by atoms with E-state index in [9.17, 15) is 4.79 Å². The van der Waals surface area contributed by atoms with Crippen molar-refractivity contribution in [2.45, 2.75) is 0 Å². The van der Waals surface area contributed by atoms with Crippen LogP contribution < -0.4 is 5.32 Å². The fourth-order valence-electron chi connectivity index (χ4n) is 1.35. The Kier molecular flexibility index (Phi) is 3.56. The minimum atomic E-state index is -0.253. The first kappa shape index (κ1) is 11.4. The van der Waals surface area contributed by atoms with Crippen LogP contribution in [0.4, 0.5) is 0 Å². The molecule has 0 spiro atoms. The van der Waals surface area contributed by atoms with Crippen LogP contribution in [-0.2, 0) is 4.74 Å². The average Bonchev–Trinajstić information content (AvgIpc) is 3.00. The molecule has 0 bridgehead atoms. The second-order valence-electron chi connectivity index (χ2n) is 3.40. The lowest BCUT2D eigenvalue weighted by Crippen LogP contribution is -2.26. The number of nitrogens with one attached hydrogen (secondary N) is 2. The van der Waals surface area contributed by atoms with Gasteiger partial charge in [0.15, 0.2) is 5.76 Å². The van der Waals surface area contributed by atoms with Crippen molar-refractivity contribution in [2.24, 2.45) is 0 Å². The molecule has 0 aliphatic heterocycles. The number of nitrogens with zero attached hydrogens (tertiary/aromatic N) is 1. The molecule has 0 atom stereocenters. The fraction of sp³-hybridized carbons (Fsp3) is 0.273. The first-order valence-corrected chi connectivity index (χ1v) is 5.17. The fourth-order valence-corrected chi connectivity index (χ4v) is 1.35. The summed E-state index contributed by atoms with van der Waals surface area (Å²) in [5.74, 6) is 0.629. The molecular formula is C11H13N3O3. The summed E-state index contributed by atoms with van der Waals surface area (Å²) in [4.78, 5) is 11.6. The highest BCUT2D eigenvalue weighted by molar-refractivity contribution is 5.92. The van der Waals surface area contributed by atoms with Crippen LogP contribution in [0.5, 0.6) is 0 Å². The van der Waals surface area contributed by atoms with Gasteiger partial charge in [-0.2, -0.15) is 5.10 Å². The molecule has 2 aromatic heterocycles. The van der Waals surface area contributed by atoms with Gasteiger partial charge in [0.1, 0.15) is 5.76 Å². The molecule has 0 aromatic carbocycles. The maximum atomic E-state index is 11.6. The van der Waals surface area contributed by atoms with E-state index in [4.69, 9.17) is 9.15 Å². The van der Waals surface area contributed by atoms with Gasteiger partial charge >= 0.3 is 0 Å². The number of aromatic amines is 1. The number of amides is 1. The highest BCUT2D eigenvalue weighted by Crippen LogP contribution is 2.20. The Labute approximate surface area is 98.0 Å². The number of furan rings is 1. The van der Waals surface area contributed by atoms with Gasteiger partial charge < -0.3 is 14.5 Å². The lowest BCUT2D eigenvalue weighted by molar-refractivity contribution is 0.0910. The second kappa shape index (κ2) is 5.31. The van der Waals surface area contributed by atoms with Crippen molar-refractivity contribution in [3.63, 3.8) is 0 Å². The molecule has 2 rings (SSSR count). The number of aromatic nitrogens is 2. The Balaban J connectivity index is 2.01. The largest absolute Gasteiger partial charge is 0.451 e. The summed E-state index contributed by atoms with van der Waals surface area (Å²) < 4.78 is 10.2. The zero-order valence-electron chi connectivity index (χ0n) is 9.40. The lowest BCUT2D eigenvalue weighted by atomic mass is 10.3. The second-order valence-corrected chi connectivity index (χ2v) is 3.40. The quantitative estimate of drug-likeness (QED) is 0.759. The van der Waals surface area contributed by atoms with E-state index >= 15 is 0 Å². The number of carbonyl (C=O) groups excluding carboxylic acids is 1. The van der Waals surface area contributed by atoms with E-state index in [0.717, 1.165) is 5.56 Å². The number of H-pyrrole nitrogens is 1. The minimum Gasteiger partial charge on any atom is -0.451 e. The Hall–Kier alpha value is -2.08. The molecule has 0 unspecified atom stereocenters. The molecule has 1 amide bonds. The number of hydrogen-bond donors (Lipinski definition) is 2. The van der Waals surface area contributed by atoms with Crippen molar-refractivity contribution < 1.29 is 13.9 Å². The average molecular weight is 235 g/mol. The first-order valence-electron chi connectivity index (χ1n) is 5.17. The Morgan fingerprint density at radius 2 is 2.47 bits per heavy atom. The van der Waals surface area contributed by atoms with Crippen molar-refractivity contribution in [2.75, 3.05) is 20.3 Å². The van der Waals surface area contributed by atoms with Gasteiger partial charge in [-0.15, -0.1) is 0 Å². The molecule has 0 saturated heterocycles. The monoisotopic (exact) mass is 235 g/mol. The number of carbonyl (C=O) groups is 1. The topological polar surface area (TPSA) is 80.1 Å². The third-order valence-corrected chi connectivity index (χ3v) is 2.20. The van der Waals surface area contributed by atoms with Crippen molar-refractivity contribution in [3.05, 3.63) is 30.3 Å². The molecule has 6 nitrogen and oxygen atoms in total. The highest BCUT2D eigenvalue weighted by atomic mass is 16.5. The van der Waals surface area contributed by atoms with Crippen LogP contribution in [0.15, 0.2) is 28.9 Å². The van der Waals surface area contributed by atoms with E-state index in [1.165, 1.54) is 0 Å². The van der Waals surface area contributed by atoms with Gasteiger partial charge in [-0.05, 0) is 12.1 Å². The molecule has 2 N–H and O–H groups in total. The molecule has 6 heteroatoms. The number of hydrogen-bond acceptors (Lipinski definition) is 4. The molecule has 0 aliphatic carbocycles. The molecule has 17 heavy (non-hydrogen) atoms. The van der Waals surface area contributed by atoms with E-state index in [1.54, 1.807) is 31.6 Å². The molecule has 2 heterocycles. The van der Waals surface area contributed by atoms with Gasteiger partial charge in [0.25, 0.3) is 5.91 Å². The zero-order chi connectivity index (χ0) is 12.1. The summed E-state index contributed by atoms with van der Waals surface area (Å²) in [6.45, 7) is 0.929. The molecule has 90 valence electrons. The molecule has 2 aromatic rings. The maximum Gasteiger partial charge on any atom is 0.287 e. The van der Waals surface area contributed by atoms with E-state index in [1.807, 2.05) is 0 Å². The standard InChI is InChI=1S/C11H13N3O3/c1-16-5-4-12-11(15)10-3-2-9(17-10)8-6-13-14-7-8/h2-3,6-7H,4-5H2,1H3,(H,12,15)(H,13,14).